The van der Waals surface area contributed by atoms with Gasteiger partial charge in [-0.05, 0) is 161 Å². The van der Waals surface area contributed by atoms with Crippen molar-refractivity contribution < 1.29 is 97.8 Å². The summed E-state index contributed by atoms with van der Waals surface area (Å²) >= 11 is 0. The number of rotatable bonds is 28. The van der Waals surface area contributed by atoms with E-state index >= 15 is 0 Å². The second kappa shape index (κ2) is 59.7. The van der Waals surface area contributed by atoms with Crippen molar-refractivity contribution in [2.45, 2.75) is 295 Å². The molecule has 4 aliphatic rings. The van der Waals surface area contributed by atoms with Crippen LogP contribution < -0.4 is 0 Å². The third-order valence-corrected chi connectivity index (χ3v) is 20.9. The highest BCUT2D eigenvalue weighted by molar-refractivity contribution is 5.80. The quantitative estimate of drug-likeness (QED) is 0.0158. The van der Waals surface area contributed by atoms with E-state index in [0.717, 1.165) is 71.6 Å². The summed E-state index contributed by atoms with van der Waals surface area (Å²) in [5, 5.41) is 65.6. The Morgan fingerprint density at radius 3 is 0.815 bits per heavy atom. The number of esters is 4. The predicted octanol–water partition coefficient (Wildman–Crippen LogP) is 14.8. The molecule has 0 radical (unpaired) electrons. The van der Waals surface area contributed by atoms with Gasteiger partial charge in [0.25, 0.3) is 0 Å². The average molecular weight is 1510 g/mol. The third-order valence-electron chi connectivity index (χ3n) is 20.9. The van der Waals surface area contributed by atoms with E-state index in [1.807, 2.05) is 128 Å². The molecule has 7 N–H and O–H groups in total. The lowest BCUT2D eigenvalue weighted by Crippen LogP contribution is -2.24. The number of carbonyl (C=O) groups excluding carboxylic acids is 9. The molecular formula is C88H136O20. The molecule has 8 rings (SSSR count). The number of Topliss-reactive ketones (excluding diaryl/α,β-unsaturated/α-hetero) is 4. The van der Waals surface area contributed by atoms with E-state index in [2.05, 4.69) is 55.4 Å². The SMILES string of the molecule is CC(=O)[C@@H](C)[C@@H](O)CCC(=O)OCc1ccccc1.CC(=O)[C@@H](C)[C@H](O)CCC(=O)OCc1ccccc1.CCC(=O)C[C@H](O)CCC(=O)OCc1ccccc1.CCC(C)=O.C[C@@H]1[C@@H](C)CC[C@@H]1O.C[C@@H]1[C@H](C)CC[C@@H]1O.C[C@@H]1[C@H](C)CC[C@H]1O.C[C@H]1[C@H](O)CC[C@@H]1C.O=CCCC(=O)OCc1ccccc1. The molecule has 4 aromatic rings. The highest BCUT2D eigenvalue weighted by Gasteiger charge is 2.30. The van der Waals surface area contributed by atoms with Crippen LogP contribution in [-0.2, 0) is 88.5 Å². The zero-order valence-corrected chi connectivity index (χ0v) is 67.6. The second-order valence-electron chi connectivity index (χ2n) is 29.6. The molecule has 0 saturated heterocycles. The Hall–Kier alpha value is -7.17. The summed E-state index contributed by atoms with van der Waals surface area (Å²) in [5.74, 6) is 2.92. The van der Waals surface area contributed by atoms with Crippen LogP contribution in [0.25, 0.3) is 0 Å². The fraction of sp³-hybridized carbons (Fsp3) is 0.625. The zero-order chi connectivity index (χ0) is 81.7. The summed E-state index contributed by atoms with van der Waals surface area (Å²) in [6.07, 6.45) is 9.95. The molecule has 17 atom stereocenters. The maximum atomic E-state index is 11.5. The smallest absolute Gasteiger partial charge is 0.306 e. The van der Waals surface area contributed by atoms with Gasteiger partial charge in [0, 0.05) is 56.8 Å². The number of ketones is 4. The van der Waals surface area contributed by atoms with E-state index in [0.29, 0.717) is 42.8 Å². The van der Waals surface area contributed by atoms with Gasteiger partial charge in [-0.15, -0.1) is 0 Å². The molecule has 608 valence electrons. The van der Waals surface area contributed by atoms with Crippen molar-refractivity contribution in [2.75, 3.05) is 0 Å². The molecule has 4 aromatic carbocycles. The molecule has 0 spiro atoms. The Kier molecular flexibility index (Phi) is 55.7. The van der Waals surface area contributed by atoms with Crippen LogP contribution in [0.3, 0.4) is 0 Å². The Labute approximate surface area is 645 Å². The molecule has 4 aliphatic carbocycles. The first-order valence-corrected chi connectivity index (χ1v) is 39.1. The molecular weight excluding hydrogens is 1380 g/mol. The van der Waals surface area contributed by atoms with Gasteiger partial charge in [-0.25, -0.2) is 0 Å². The largest absolute Gasteiger partial charge is 0.461 e. The van der Waals surface area contributed by atoms with Crippen LogP contribution in [0.15, 0.2) is 121 Å². The minimum atomic E-state index is -0.790. The van der Waals surface area contributed by atoms with Crippen molar-refractivity contribution in [2.24, 2.45) is 59.2 Å². The van der Waals surface area contributed by atoms with E-state index < -0.39 is 30.1 Å². The highest BCUT2D eigenvalue weighted by atomic mass is 16.5. The maximum absolute atomic E-state index is 11.5. The fourth-order valence-corrected chi connectivity index (χ4v) is 11.1. The van der Waals surface area contributed by atoms with Crippen molar-refractivity contribution in [3.8, 4) is 0 Å². The average Bonchev–Trinajstić information content (AvgIpc) is 1.77. The van der Waals surface area contributed by atoms with Crippen LogP contribution >= 0.6 is 0 Å². The number of hydrogen-bond donors (Lipinski definition) is 7. The minimum Gasteiger partial charge on any atom is -0.461 e. The molecule has 20 nitrogen and oxygen atoms in total. The van der Waals surface area contributed by atoms with E-state index in [1.165, 1.54) is 39.5 Å². The van der Waals surface area contributed by atoms with Crippen molar-refractivity contribution in [3.63, 3.8) is 0 Å². The number of ether oxygens (including phenoxy) is 4. The van der Waals surface area contributed by atoms with Gasteiger partial charge in [0.05, 0.1) is 49.1 Å². The van der Waals surface area contributed by atoms with Gasteiger partial charge >= 0.3 is 23.9 Å². The Morgan fingerprint density at radius 2 is 0.630 bits per heavy atom. The van der Waals surface area contributed by atoms with Crippen LogP contribution in [0.2, 0.25) is 0 Å². The molecule has 0 bridgehead atoms. The zero-order valence-electron chi connectivity index (χ0n) is 67.6. The van der Waals surface area contributed by atoms with Gasteiger partial charge in [0.1, 0.15) is 55.8 Å². The monoisotopic (exact) mass is 1510 g/mol. The van der Waals surface area contributed by atoms with Crippen molar-refractivity contribution in [3.05, 3.63) is 144 Å². The van der Waals surface area contributed by atoms with Crippen molar-refractivity contribution in [1.82, 2.24) is 0 Å². The lowest BCUT2D eigenvalue weighted by Gasteiger charge is -2.15. The van der Waals surface area contributed by atoms with Crippen LogP contribution in [0.5, 0.6) is 0 Å². The first kappa shape index (κ1) is 101. The third kappa shape index (κ3) is 48.4. The van der Waals surface area contributed by atoms with E-state index in [-0.39, 0.29) is 156 Å². The fourth-order valence-electron chi connectivity index (χ4n) is 11.1. The van der Waals surface area contributed by atoms with Gasteiger partial charge in [0.2, 0.25) is 0 Å². The molecule has 0 unspecified atom stereocenters. The Balaban J connectivity index is 0.00000123. The lowest BCUT2D eigenvalue weighted by molar-refractivity contribution is -0.146. The minimum absolute atomic E-state index is 0.00477. The predicted molar refractivity (Wildman–Crippen MR) is 421 cm³/mol. The molecule has 0 aliphatic heterocycles. The van der Waals surface area contributed by atoms with Gasteiger partial charge in [-0.2, -0.15) is 0 Å². The number of hydrogen-bond acceptors (Lipinski definition) is 20. The maximum Gasteiger partial charge on any atom is 0.306 e. The topological polar surface area (TPSA) is 332 Å². The molecule has 0 aromatic heterocycles. The van der Waals surface area contributed by atoms with E-state index in [1.54, 1.807) is 27.7 Å². The van der Waals surface area contributed by atoms with Crippen LogP contribution in [0.4, 0.5) is 0 Å². The first-order chi connectivity index (χ1) is 51.1. The number of benzene rings is 4. The van der Waals surface area contributed by atoms with Crippen LogP contribution in [-0.4, -0.2) is 132 Å². The summed E-state index contributed by atoms with van der Waals surface area (Å²) in [6, 6.07) is 37.6. The Morgan fingerprint density at radius 1 is 0.389 bits per heavy atom. The Bertz CT molecular complexity index is 2840. The van der Waals surface area contributed by atoms with E-state index in [9.17, 15) is 58.5 Å². The molecule has 4 saturated carbocycles. The first-order valence-electron chi connectivity index (χ1n) is 39.1. The summed E-state index contributed by atoms with van der Waals surface area (Å²) in [4.78, 5) is 98.5. The normalized spacial score (nSPS) is 22.6. The molecule has 20 heteroatoms. The van der Waals surface area contributed by atoms with Crippen molar-refractivity contribution >= 4 is 53.3 Å². The number of aliphatic hydroxyl groups is 7. The van der Waals surface area contributed by atoms with E-state index in [4.69, 9.17) is 39.4 Å². The van der Waals surface area contributed by atoms with Gasteiger partial charge < -0.3 is 64.3 Å². The molecule has 4 fully saturated rings. The highest BCUT2D eigenvalue weighted by Crippen LogP contribution is 2.33. The summed E-state index contributed by atoms with van der Waals surface area (Å²) < 4.78 is 20.2. The van der Waals surface area contributed by atoms with Crippen molar-refractivity contribution in [1.29, 1.82) is 0 Å². The second-order valence-corrected chi connectivity index (χ2v) is 29.6. The number of carbonyl (C=O) groups is 9. The summed E-state index contributed by atoms with van der Waals surface area (Å²) in [6.45, 7) is 29.7. The van der Waals surface area contributed by atoms with Crippen LogP contribution in [0, 0.1) is 59.2 Å². The molecule has 0 heterocycles. The molecule has 108 heavy (non-hydrogen) atoms. The molecule has 0 amide bonds. The summed E-state index contributed by atoms with van der Waals surface area (Å²) in [5.41, 5.74) is 3.73. The lowest BCUT2D eigenvalue weighted by atomic mass is 9.97. The van der Waals surface area contributed by atoms with Crippen LogP contribution in [0.1, 0.15) is 248 Å². The standard InChI is InChI=1S/3C15H20O4.C11H12O3.4C7H14O.C4H8O/c2*1-11(12(2)16)14(17)8-9-15(18)19-10-13-6-4-3-5-7-13;1-2-13(16)10-14(17)8-9-15(18)19-11-12-6-4-3-5-7-12;12-8-4-7-11(13)14-9-10-5-2-1-3-6-10;4*1-5-3-4-7(8)6(5)2;1-3-4(2)5/h2*3-7,11,14,17H,8-10H2,1-2H3;3-7,14,17H,2,8-11H2,1H3;1-3,5-6,8H,4,7,9H2;4*5-8H,3-4H2,1-2H3;3H2,1-2H3/t11-,14+;11-,14-;14-;;5-,6+,7+;5-,6+,7-;5-,6-,7+;5-,6-,7-;/m111.0011./s1. The summed E-state index contributed by atoms with van der Waals surface area (Å²) in [7, 11) is 0. The van der Waals surface area contributed by atoms with Gasteiger partial charge in [0.15, 0.2) is 0 Å². The number of aliphatic hydroxyl groups excluding tert-OH is 7. The van der Waals surface area contributed by atoms with Gasteiger partial charge in [-0.1, -0.05) is 204 Å². The number of aldehydes is 1. The van der Waals surface area contributed by atoms with Gasteiger partial charge in [-0.3, -0.25) is 33.6 Å².